The molecule has 0 aromatic carbocycles. The lowest BCUT2D eigenvalue weighted by atomic mass is 10.3. The first-order chi connectivity index (χ1) is 7.29. The molecule has 2 heterocycles. The minimum absolute atomic E-state index is 0.186. The van der Waals surface area contributed by atoms with E-state index in [0.29, 0.717) is 6.61 Å². The summed E-state index contributed by atoms with van der Waals surface area (Å²) in [5, 5.41) is 0.810. The van der Waals surface area contributed by atoms with Crippen molar-refractivity contribution in [3.05, 3.63) is 24.1 Å². The molecule has 1 saturated heterocycles. The van der Waals surface area contributed by atoms with Gasteiger partial charge in [-0.3, -0.25) is 0 Å². The van der Waals surface area contributed by atoms with Gasteiger partial charge in [0, 0.05) is 18.4 Å². The number of hydrogen-bond acceptors (Lipinski definition) is 3. The molecule has 0 N–H and O–H groups in total. The molecule has 3 nitrogen and oxygen atoms in total. The summed E-state index contributed by atoms with van der Waals surface area (Å²) in [7, 11) is 0. The van der Waals surface area contributed by atoms with Gasteiger partial charge in [-0.15, -0.1) is 0 Å². The van der Waals surface area contributed by atoms with E-state index in [2.05, 4.69) is 25.8 Å². The topological polar surface area (TPSA) is 25.4 Å². The third-order valence-corrected chi connectivity index (χ3v) is 3.07. The van der Waals surface area contributed by atoms with Gasteiger partial charge in [-0.05, 0) is 12.1 Å². The van der Waals surface area contributed by atoms with Crippen molar-refractivity contribution in [2.45, 2.75) is 6.10 Å². The van der Waals surface area contributed by atoms with Gasteiger partial charge in [-0.1, -0.05) is 15.9 Å². The van der Waals surface area contributed by atoms with Gasteiger partial charge in [0.1, 0.15) is 11.6 Å². The fourth-order valence-corrected chi connectivity index (χ4v) is 1.97. The summed E-state index contributed by atoms with van der Waals surface area (Å²) in [6, 6.07) is 3.13. The van der Waals surface area contributed by atoms with Crippen LogP contribution in [-0.4, -0.2) is 36.1 Å². The van der Waals surface area contributed by atoms with Gasteiger partial charge >= 0.3 is 0 Å². The number of rotatable bonds is 2. The zero-order valence-corrected chi connectivity index (χ0v) is 9.78. The molecule has 0 bridgehead atoms. The van der Waals surface area contributed by atoms with Crippen molar-refractivity contribution in [1.29, 1.82) is 0 Å². The molecule has 0 amide bonds. The molecule has 5 heteroatoms. The minimum atomic E-state index is -0.302. The van der Waals surface area contributed by atoms with Gasteiger partial charge in [0.25, 0.3) is 0 Å². The number of alkyl halides is 1. The average Bonchev–Trinajstić information content (AvgIpc) is 2.30. The van der Waals surface area contributed by atoms with Crippen LogP contribution in [0.4, 0.5) is 10.2 Å². The van der Waals surface area contributed by atoms with E-state index < -0.39 is 0 Å². The Morgan fingerprint density at radius 3 is 3.13 bits per heavy atom. The molecule has 1 aromatic rings. The van der Waals surface area contributed by atoms with E-state index in [4.69, 9.17) is 4.74 Å². The lowest BCUT2D eigenvalue weighted by Crippen LogP contribution is -2.43. The molecule has 2 rings (SSSR count). The van der Waals surface area contributed by atoms with E-state index >= 15 is 0 Å². The average molecular weight is 275 g/mol. The Bertz CT molecular complexity index is 320. The molecule has 0 spiro atoms. The van der Waals surface area contributed by atoms with Crippen LogP contribution in [0.3, 0.4) is 0 Å². The standard InChI is InChI=1S/C10H12BrFN2O/c11-5-9-7-14(3-4-15-9)10-2-1-8(12)6-13-10/h1-2,6,9H,3-5,7H2. The molecule has 82 valence electrons. The van der Waals surface area contributed by atoms with Crippen LogP contribution >= 0.6 is 15.9 Å². The third kappa shape index (κ3) is 2.66. The van der Waals surface area contributed by atoms with Crippen LogP contribution in [0.15, 0.2) is 18.3 Å². The molecule has 1 unspecified atom stereocenters. The van der Waals surface area contributed by atoms with E-state index in [1.165, 1.54) is 12.3 Å². The molecule has 1 aliphatic heterocycles. The summed E-state index contributed by atoms with van der Waals surface area (Å²) in [4.78, 5) is 6.16. The quantitative estimate of drug-likeness (QED) is 0.770. The van der Waals surface area contributed by atoms with Gasteiger partial charge in [0.2, 0.25) is 0 Å². The van der Waals surface area contributed by atoms with Crippen molar-refractivity contribution in [3.63, 3.8) is 0 Å². The Hall–Kier alpha value is -0.680. The molecule has 1 atom stereocenters. The van der Waals surface area contributed by atoms with Crippen LogP contribution in [-0.2, 0) is 4.74 Å². The molecule has 0 aliphatic carbocycles. The van der Waals surface area contributed by atoms with E-state index in [1.54, 1.807) is 6.07 Å². The number of nitrogens with zero attached hydrogens (tertiary/aromatic N) is 2. The second kappa shape index (κ2) is 4.90. The Balaban J connectivity index is 2.06. The molecule has 1 aliphatic rings. The van der Waals surface area contributed by atoms with Crippen LogP contribution in [0, 0.1) is 5.82 Å². The minimum Gasteiger partial charge on any atom is -0.374 e. The Kier molecular flexibility index (Phi) is 3.53. The number of morpholine rings is 1. The van der Waals surface area contributed by atoms with Gasteiger partial charge in [0.15, 0.2) is 0 Å². The lowest BCUT2D eigenvalue weighted by molar-refractivity contribution is 0.0568. The molecular formula is C10H12BrFN2O. The predicted molar refractivity (Wildman–Crippen MR) is 59.9 cm³/mol. The van der Waals surface area contributed by atoms with E-state index in [9.17, 15) is 4.39 Å². The summed E-state index contributed by atoms with van der Waals surface area (Å²) < 4.78 is 18.2. The monoisotopic (exact) mass is 274 g/mol. The first kappa shape index (κ1) is 10.8. The van der Waals surface area contributed by atoms with E-state index in [0.717, 1.165) is 24.2 Å². The number of pyridine rings is 1. The summed E-state index contributed by atoms with van der Waals surface area (Å²) in [5.74, 6) is 0.509. The highest BCUT2D eigenvalue weighted by Gasteiger charge is 2.20. The number of aromatic nitrogens is 1. The van der Waals surface area contributed by atoms with Crippen molar-refractivity contribution >= 4 is 21.7 Å². The first-order valence-corrected chi connectivity index (χ1v) is 5.96. The Labute approximate surface area is 96.4 Å². The fraction of sp³-hybridized carbons (Fsp3) is 0.500. The predicted octanol–water partition coefficient (Wildman–Crippen LogP) is 1.82. The molecule has 1 fully saturated rings. The summed E-state index contributed by atoms with van der Waals surface area (Å²) in [5.41, 5.74) is 0. The van der Waals surface area contributed by atoms with Crippen LogP contribution < -0.4 is 4.90 Å². The first-order valence-electron chi connectivity index (χ1n) is 4.83. The maximum atomic E-state index is 12.7. The van der Waals surface area contributed by atoms with Crippen molar-refractivity contribution in [1.82, 2.24) is 4.98 Å². The fourth-order valence-electron chi connectivity index (χ4n) is 1.58. The summed E-state index contributed by atoms with van der Waals surface area (Å²) in [6.45, 7) is 2.29. The Morgan fingerprint density at radius 2 is 2.47 bits per heavy atom. The summed E-state index contributed by atoms with van der Waals surface area (Å²) >= 11 is 3.39. The van der Waals surface area contributed by atoms with Crippen molar-refractivity contribution in [3.8, 4) is 0 Å². The molecule has 15 heavy (non-hydrogen) atoms. The SMILES string of the molecule is Fc1ccc(N2CCOC(CBr)C2)nc1. The van der Waals surface area contributed by atoms with Gasteiger partial charge < -0.3 is 9.64 Å². The van der Waals surface area contributed by atoms with Crippen LogP contribution in [0.5, 0.6) is 0 Å². The van der Waals surface area contributed by atoms with E-state index in [-0.39, 0.29) is 11.9 Å². The molecule has 1 aromatic heterocycles. The largest absolute Gasteiger partial charge is 0.374 e. The second-order valence-corrected chi connectivity index (χ2v) is 4.08. The van der Waals surface area contributed by atoms with Gasteiger partial charge in [0.05, 0.1) is 18.9 Å². The third-order valence-electron chi connectivity index (χ3n) is 2.35. The number of hydrogen-bond donors (Lipinski definition) is 0. The van der Waals surface area contributed by atoms with Crippen molar-refractivity contribution in [2.24, 2.45) is 0 Å². The highest BCUT2D eigenvalue weighted by atomic mass is 79.9. The number of anilines is 1. The lowest BCUT2D eigenvalue weighted by Gasteiger charge is -2.32. The maximum absolute atomic E-state index is 12.7. The van der Waals surface area contributed by atoms with Crippen molar-refractivity contribution in [2.75, 3.05) is 29.9 Å². The number of ether oxygens (including phenoxy) is 1. The molecular weight excluding hydrogens is 263 g/mol. The van der Waals surface area contributed by atoms with Crippen molar-refractivity contribution < 1.29 is 9.13 Å². The second-order valence-electron chi connectivity index (χ2n) is 3.43. The van der Waals surface area contributed by atoms with Crippen LogP contribution in [0.25, 0.3) is 0 Å². The summed E-state index contributed by atoms with van der Waals surface area (Å²) in [6.07, 6.45) is 1.43. The molecule has 0 saturated carbocycles. The highest BCUT2D eigenvalue weighted by molar-refractivity contribution is 9.09. The smallest absolute Gasteiger partial charge is 0.141 e. The van der Waals surface area contributed by atoms with E-state index in [1.807, 2.05) is 0 Å². The normalized spacial score (nSPS) is 21.7. The number of halogens is 2. The van der Waals surface area contributed by atoms with Gasteiger partial charge in [-0.25, -0.2) is 9.37 Å². The molecule has 0 radical (unpaired) electrons. The maximum Gasteiger partial charge on any atom is 0.141 e. The zero-order chi connectivity index (χ0) is 10.7. The zero-order valence-electron chi connectivity index (χ0n) is 8.20. The van der Waals surface area contributed by atoms with Crippen LogP contribution in [0.2, 0.25) is 0 Å². The highest BCUT2D eigenvalue weighted by Crippen LogP contribution is 2.15. The van der Waals surface area contributed by atoms with Gasteiger partial charge in [-0.2, -0.15) is 0 Å². The van der Waals surface area contributed by atoms with Crippen LogP contribution in [0.1, 0.15) is 0 Å². The Morgan fingerprint density at radius 1 is 1.60 bits per heavy atom.